The molecular weight excluding hydrogens is 214 g/mol. The molecule has 1 amide bonds. The van der Waals surface area contributed by atoms with E-state index in [1.54, 1.807) is 12.4 Å². The van der Waals surface area contributed by atoms with Crippen molar-refractivity contribution in [2.45, 2.75) is 32.7 Å². The van der Waals surface area contributed by atoms with Gasteiger partial charge in [0.2, 0.25) is 5.91 Å². The van der Waals surface area contributed by atoms with Crippen LogP contribution in [0.3, 0.4) is 0 Å². The quantitative estimate of drug-likeness (QED) is 0.776. The molecule has 1 unspecified atom stereocenters. The summed E-state index contributed by atoms with van der Waals surface area (Å²) >= 11 is 0. The zero-order valence-corrected chi connectivity index (χ0v) is 10.5. The molecule has 0 aliphatic rings. The predicted molar refractivity (Wildman–Crippen MR) is 68.4 cm³/mol. The molecule has 4 heteroatoms. The van der Waals surface area contributed by atoms with Crippen molar-refractivity contribution >= 4 is 5.91 Å². The Morgan fingerprint density at radius 1 is 1.41 bits per heavy atom. The summed E-state index contributed by atoms with van der Waals surface area (Å²) in [5.41, 5.74) is 6.94. The normalized spacial score (nSPS) is 12.5. The maximum atomic E-state index is 11.6. The van der Waals surface area contributed by atoms with Gasteiger partial charge in [0.25, 0.3) is 0 Å². The van der Waals surface area contributed by atoms with Gasteiger partial charge >= 0.3 is 0 Å². The van der Waals surface area contributed by atoms with Crippen LogP contribution in [0.15, 0.2) is 24.5 Å². The summed E-state index contributed by atoms with van der Waals surface area (Å²) in [5.74, 6) is 0.378. The van der Waals surface area contributed by atoms with E-state index >= 15 is 0 Å². The molecule has 1 atom stereocenters. The molecule has 0 saturated heterocycles. The van der Waals surface area contributed by atoms with Crippen molar-refractivity contribution in [2.24, 2.45) is 11.7 Å². The second-order valence-corrected chi connectivity index (χ2v) is 4.63. The molecule has 1 heterocycles. The number of pyridine rings is 1. The maximum Gasteiger partial charge on any atom is 0.236 e. The minimum atomic E-state index is -0.396. The number of carbonyl (C=O) groups is 1. The highest BCUT2D eigenvalue weighted by molar-refractivity contribution is 5.81. The molecule has 1 rings (SSSR count). The van der Waals surface area contributed by atoms with Gasteiger partial charge in [-0.1, -0.05) is 13.8 Å². The van der Waals surface area contributed by atoms with Crippen molar-refractivity contribution in [1.82, 2.24) is 10.3 Å². The van der Waals surface area contributed by atoms with Crippen molar-refractivity contribution < 1.29 is 4.79 Å². The van der Waals surface area contributed by atoms with Crippen LogP contribution >= 0.6 is 0 Å². The molecule has 4 nitrogen and oxygen atoms in total. The van der Waals surface area contributed by atoms with E-state index in [-0.39, 0.29) is 5.91 Å². The molecule has 0 bridgehead atoms. The van der Waals surface area contributed by atoms with Crippen molar-refractivity contribution in [3.8, 4) is 0 Å². The number of nitrogens with zero attached hydrogens (tertiary/aromatic N) is 1. The maximum absolute atomic E-state index is 11.6. The largest absolute Gasteiger partial charge is 0.354 e. The van der Waals surface area contributed by atoms with Crippen LogP contribution in [-0.2, 0) is 11.2 Å². The van der Waals surface area contributed by atoms with Crippen molar-refractivity contribution in [3.63, 3.8) is 0 Å². The van der Waals surface area contributed by atoms with Crippen LogP contribution in [0.2, 0.25) is 0 Å². The van der Waals surface area contributed by atoms with Gasteiger partial charge in [-0.2, -0.15) is 0 Å². The van der Waals surface area contributed by atoms with E-state index in [0.717, 1.165) is 18.4 Å². The van der Waals surface area contributed by atoms with Gasteiger partial charge in [-0.05, 0) is 36.5 Å². The van der Waals surface area contributed by atoms with E-state index in [9.17, 15) is 4.79 Å². The summed E-state index contributed by atoms with van der Waals surface area (Å²) in [6.45, 7) is 4.74. The molecule has 1 aromatic rings. The highest BCUT2D eigenvalue weighted by Gasteiger charge is 2.13. The van der Waals surface area contributed by atoms with Crippen LogP contribution in [0.5, 0.6) is 0 Å². The first kappa shape index (κ1) is 13.6. The lowest BCUT2D eigenvalue weighted by Gasteiger charge is -2.14. The number of aromatic nitrogens is 1. The standard InChI is InChI=1S/C13H21N3O/c1-10(2)9-12(14)13(17)16-8-5-11-3-6-15-7-4-11/h3-4,6-7,10,12H,5,8-9,14H2,1-2H3,(H,16,17). The van der Waals surface area contributed by atoms with Crippen molar-refractivity contribution in [1.29, 1.82) is 0 Å². The fourth-order valence-corrected chi connectivity index (χ4v) is 1.63. The predicted octanol–water partition coefficient (Wildman–Crippen LogP) is 1.11. The van der Waals surface area contributed by atoms with Crippen LogP contribution in [0, 0.1) is 5.92 Å². The van der Waals surface area contributed by atoms with Crippen molar-refractivity contribution in [2.75, 3.05) is 6.54 Å². The Morgan fingerprint density at radius 2 is 2.06 bits per heavy atom. The molecule has 0 spiro atoms. The molecule has 0 fully saturated rings. The number of carbonyl (C=O) groups excluding carboxylic acids is 1. The summed E-state index contributed by atoms with van der Waals surface area (Å²) in [4.78, 5) is 15.6. The van der Waals surface area contributed by atoms with E-state index in [1.165, 1.54) is 0 Å². The van der Waals surface area contributed by atoms with Gasteiger partial charge in [0.1, 0.15) is 0 Å². The SMILES string of the molecule is CC(C)CC(N)C(=O)NCCc1ccncc1. The third-order valence-electron chi connectivity index (χ3n) is 2.52. The molecular formula is C13H21N3O. The molecule has 0 radical (unpaired) electrons. The molecule has 0 aliphatic carbocycles. The van der Waals surface area contributed by atoms with Crippen LogP contribution < -0.4 is 11.1 Å². The topological polar surface area (TPSA) is 68.0 Å². The first-order valence-corrected chi connectivity index (χ1v) is 6.01. The van der Waals surface area contributed by atoms with Crippen molar-refractivity contribution in [3.05, 3.63) is 30.1 Å². The summed E-state index contributed by atoms with van der Waals surface area (Å²) in [7, 11) is 0. The Morgan fingerprint density at radius 3 is 2.65 bits per heavy atom. The van der Waals surface area contributed by atoms with Crippen LogP contribution in [0.4, 0.5) is 0 Å². The highest BCUT2D eigenvalue weighted by Crippen LogP contribution is 2.02. The zero-order chi connectivity index (χ0) is 12.7. The Kier molecular flexibility index (Phi) is 5.63. The Bertz CT molecular complexity index is 338. The summed E-state index contributed by atoms with van der Waals surface area (Å²) in [5, 5.41) is 2.85. The molecule has 17 heavy (non-hydrogen) atoms. The first-order valence-electron chi connectivity index (χ1n) is 6.01. The number of nitrogens with one attached hydrogen (secondary N) is 1. The second-order valence-electron chi connectivity index (χ2n) is 4.63. The fourth-order valence-electron chi connectivity index (χ4n) is 1.63. The Hall–Kier alpha value is -1.42. The lowest BCUT2D eigenvalue weighted by atomic mass is 10.0. The number of amides is 1. The zero-order valence-electron chi connectivity index (χ0n) is 10.5. The Balaban J connectivity index is 2.24. The fraction of sp³-hybridized carbons (Fsp3) is 0.538. The lowest BCUT2D eigenvalue weighted by Crippen LogP contribution is -2.42. The van der Waals surface area contributed by atoms with E-state index in [2.05, 4.69) is 24.1 Å². The molecule has 0 aromatic carbocycles. The summed E-state index contributed by atoms with van der Waals surface area (Å²) < 4.78 is 0. The van der Waals surface area contributed by atoms with E-state index in [1.807, 2.05) is 12.1 Å². The molecule has 0 saturated carbocycles. The minimum Gasteiger partial charge on any atom is -0.354 e. The molecule has 1 aromatic heterocycles. The first-order chi connectivity index (χ1) is 8.09. The van der Waals surface area contributed by atoms with E-state index in [0.29, 0.717) is 12.5 Å². The summed E-state index contributed by atoms with van der Waals surface area (Å²) in [6.07, 6.45) is 5.03. The van der Waals surface area contributed by atoms with Gasteiger partial charge in [0.05, 0.1) is 6.04 Å². The average Bonchev–Trinajstić information content (AvgIpc) is 2.29. The second kappa shape index (κ2) is 7.01. The van der Waals surface area contributed by atoms with Gasteiger partial charge in [0, 0.05) is 18.9 Å². The van der Waals surface area contributed by atoms with Gasteiger partial charge in [-0.15, -0.1) is 0 Å². The summed E-state index contributed by atoms with van der Waals surface area (Å²) in [6, 6.07) is 3.49. The Labute approximate surface area is 103 Å². The molecule has 0 aliphatic heterocycles. The third-order valence-corrected chi connectivity index (χ3v) is 2.52. The van der Waals surface area contributed by atoms with Gasteiger partial charge in [-0.25, -0.2) is 0 Å². The monoisotopic (exact) mass is 235 g/mol. The van der Waals surface area contributed by atoms with Gasteiger partial charge in [-0.3, -0.25) is 9.78 Å². The third kappa shape index (κ3) is 5.45. The number of hydrogen-bond donors (Lipinski definition) is 2. The number of hydrogen-bond acceptors (Lipinski definition) is 3. The van der Waals surface area contributed by atoms with Gasteiger partial charge in [0.15, 0.2) is 0 Å². The average molecular weight is 235 g/mol. The van der Waals surface area contributed by atoms with Gasteiger partial charge < -0.3 is 11.1 Å². The number of rotatable bonds is 6. The lowest BCUT2D eigenvalue weighted by molar-refractivity contribution is -0.122. The molecule has 3 N–H and O–H groups in total. The van der Waals surface area contributed by atoms with Crippen LogP contribution in [0.25, 0.3) is 0 Å². The highest BCUT2D eigenvalue weighted by atomic mass is 16.2. The number of nitrogens with two attached hydrogens (primary N) is 1. The molecule has 94 valence electrons. The van der Waals surface area contributed by atoms with E-state index in [4.69, 9.17) is 5.73 Å². The van der Waals surface area contributed by atoms with Crippen LogP contribution in [0.1, 0.15) is 25.8 Å². The smallest absolute Gasteiger partial charge is 0.236 e. The minimum absolute atomic E-state index is 0.0623. The van der Waals surface area contributed by atoms with Crippen LogP contribution in [-0.4, -0.2) is 23.5 Å². The van der Waals surface area contributed by atoms with E-state index < -0.39 is 6.04 Å².